The molecule has 1 amide bonds. The maximum atomic E-state index is 11.6. The van der Waals surface area contributed by atoms with Crippen LogP contribution >= 0.6 is 0 Å². The number of amides is 1. The zero-order valence-corrected chi connectivity index (χ0v) is 10.5. The van der Waals surface area contributed by atoms with Gasteiger partial charge in [0.1, 0.15) is 5.25 Å². The molecular weight excluding hydrogens is 234 g/mol. The van der Waals surface area contributed by atoms with Gasteiger partial charge in [0, 0.05) is 26.3 Å². The molecule has 0 saturated carbocycles. The third kappa shape index (κ3) is 5.11. The van der Waals surface area contributed by atoms with Gasteiger partial charge in [-0.25, -0.2) is 8.42 Å². The van der Waals surface area contributed by atoms with Crippen molar-refractivity contribution in [1.82, 2.24) is 4.90 Å². The van der Waals surface area contributed by atoms with Gasteiger partial charge >= 0.3 is 5.97 Å². The lowest BCUT2D eigenvalue weighted by atomic mass is 10.3. The maximum Gasteiger partial charge on any atom is 0.303 e. The molecule has 0 saturated heterocycles. The predicted molar refractivity (Wildman–Crippen MR) is 58.8 cm³/mol. The molecule has 1 unspecified atom stereocenters. The summed E-state index contributed by atoms with van der Waals surface area (Å²) in [6, 6.07) is 0. The monoisotopic (exact) mass is 251 g/mol. The van der Waals surface area contributed by atoms with E-state index in [2.05, 4.69) is 0 Å². The first-order valence-electron chi connectivity index (χ1n) is 4.82. The Morgan fingerprint density at radius 1 is 1.38 bits per heavy atom. The summed E-state index contributed by atoms with van der Waals surface area (Å²) in [5.74, 6) is -1.44. The van der Waals surface area contributed by atoms with E-state index < -0.39 is 27.0 Å². The minimum Gasteiger partial charge on any atom is -0.481 e. The fraction of sp³-hybridized carbons (Fsp3) is 0.778. The van der Waals surface area contributed by atoms with Crippen LogP contribution in [0.1, 0.15) is 19.8 Å². The average molecular weight is 251 g/mol. The number of hydrogen-bond acceptors (Lipinski definition) is 4. The Kier molecular flexibility index (Phi) is 5.43. The van der Waals surface area contributed by atoms with Crippen molar-refractivity contribution in [2.24, 2.45) is 0 Å². The summed E-state index contributed by atoms with van der Waals surface area (Å²) in [6.07, 6.45) is 1.28. The van der Waals surface area contributed by atoms with Crippen molar-refractivity contribution in [3.8, 4) is 0 Å². The maximum absolute atomic E-state index is 11.6. The van der Waals surface area contributed by atoms with Crippen LogP contribution in [0.3, 0.4) is 0 Å². The highest BCUT2D eigenvalue weighted by Gasteiger charge is 2.26. The van der Waals surface area contributed by atoms with E-state index in [0.717, 1.165) is 6.26 Å². The Morgan fingerprint density at radius 2 is 1.88 bits per heavy atom. The quantitative estimate of drug-likeness (QED) is 0.702. The lowest BCUT2D eigenvalue weighted by molar-refractivity contribution is -0.137. The number of carboxylic acids is 1. The number of carbonyl (C=O) groups excluding carboxylic acids is 1. The molecule has 1 N–H and O–H groups in total. The molecule has 0 aromatic rings. The van der Waals surface area contributed by atoms with Crippen LogP contribution in [0.2, 0.25) is 0 Å². The van der Waals surface area contributed by atoms with E-state index in [1.54, 1.807) is 0 Å². The molecule has 0 aromatic heterocycles. The first-order chi connectivity index (χ1) is 7.16. The molecule has 0 fully saturated rings. The van der Waals surface area contributed by atoms with E-state index in [9.17, 15) is 18.0 Å². The second-order valence-corrected chi connectivity index (χ2v) is 6.10. The number of rotatable bonds is 6. The molecule has 0 rings (SSSR count). The van der Waals surface area contributed by atoms with E-state index in [4.69, 9.17) is 5.11 Å². The molecule has 16 heavy (non-hydrogen) atoms. The van der Waals surface area contributed by atoms with Gasteiger partial charge in [0.25, 0.3) is 0 Å². The van der Waals surface area contributed by atoms with Crippen molar-refractivity contribution < 1.29 is 23.1 Å². The van der Waals surface area contributed by atoms with Crippen LogP contribution in [0, 0.1) is 0 Å². The SMILES string of the molecule is CC(C(=O)N(C)CCCC(=O)O)S(C)(=O)=O. The molecule has 0 bridgehead atoms. The fourth-order valence-electron chi connectivity index (χ4n) is 1.07. The number of carboxylic acid groups (broad SMARTS) is 1. The van der Waals surface area contributed by atoms with E-state index >= 15 is 0 Å². The highest BCUT2D eigenvalue weighted by Crippen LogP contribution is 2.04. The predicted octanol–water partition coefficient (Wildman–Crippen LogP) is -0.257. The van der Waals surface area contributed by atoms with Crippen LogP contribution in [0.25, 0.3) is 0 Å². The van der Waals surface area contributed by atoms with E-state index in [0.29, 0.717) is 6.42 Å². The normalized spacial score (nSPS) is 13.2. The van der Waals surface area contributed by atoms with Gasteiger partial charge in [0.15, 0.2) is 9.84 Å². The summed E-state index contributed by atoms with van der Waals surface area (Å²) in [4.78, 5) is 23.1. The van der Waals surface area contributed by atoms with Gasteiger partial charge in [-0.1, -0.05) is 0 Å². The number of carbonyl (C=O) groups is 2. The van der Waals surface area contributed by atoms with Crippen molar-refractivity contribution in [2.45, 2.75) is 25.0 Å². The van der Waals surface area contributed by atoms with Crippen LogP contribution in [0.4, 0.5) is 0 Å². The largest absolute Gasteiger partial charge is 0.481 e. The number of nitrogens with zero attached hydrogens (tertiary/aromatic N) is 1. The Hall–Kier alpha value is -1.11. The van der Waals surface area contributed by atoms with E-state index in [1.165, 1.54) is 18.9 Å². The molecule has 7 heteroatoms. The molecule has 1 atom stereocenters. The summed E-state index contributed by atoms with van der Waals surface area (Å²) in [7, 11) is -1.93. The second-order valence-electron chi connectivity index (χ2n) is 3.73. The molecule has 0 radical (unpaired) electrons. The molecule has 0 aromatic carbocycles. The Balaban J connectivity index is 4.24. The van der Waals surface area contributed by atoms with Gasteiger partial charge in [0.2, 0.25) is 5.91 Å². The standard InChI is InChI=1S/C9H17NO5S/c1-7(16(3,14)15)9(13)10(2)6-4-5-8(11)12/h7H,4-6H2,1-3H3,(H,11,12). The van der Waals surface area contributed by atoms with Gasteiger partial charge in [0.05, 0.1) is 0 Å². The average Bonchev–Trinajstić information content (AvgIpc) is 2.13. The topological polar surface area (TPSA) is 91.8 Å². The highest BCUT2D eigenvalue weighted by atomic mass is 32.2. The lowest BCUT2D eigenvalue weighted by Gasteiger charge is -2.19. The Labute approximate surface area is 95.2 Å². The van der Waals surface area contributed by atoms with Gasteiger partial charge in [-0.2, -0.15) is 0 Å². The van der Waals surface area contributed by atoms with Gasteiger partial charge in [-0.15, -0.1) is 0 Å². The number of aliphatic carboxylic acids is 1. The Bertz CT molecular complexity index is 362. The highest BCUT2D eigenvalue weighted by molar-refractivity contribution is 7.92. The minimum absolute atomic E-state index is 0.0368. The molecule has 0 aliphatic carbocycles. The summed E-state index contributed by atoms with van der Waals surface area (Å²) in [6.45, 7) is 1.57. The molecule has 0 heterocycles. The summed E-state index contributed by atoms with van der Waals surface area (Å²) < 4.78 is 22.2. The lowest BCUT2D eigenvalue weighted by Crippen LogP contribution is -2.39. The van der Waals surface area contributed by atoms with Crippen LogP contribution < -0.4 is 0 Å². The Morgan fingerprint density at radius 3 is 2.25 bits per heavy atom. The molecular formula is C9H17NO5S. The molecule has 94 valence electrons. The third-order valence-corrected chi connectivity index (χ3v) is 3.74. The first-order valence-corrected chi connectivity index (χ1v) is 6.77. The van der Waals surface area contributed by atoms with Gasteiger partial charge in [-0.05, 0) is 13.3 Å². The van der Waals surface area contributed by atoms with Gasteiger partial charge < -0.3 is 10.0 Å². The van der Waals surface area contributed by atoms with E-state index in [1.807, 2.05) is 0 Å². The number of sulfone groups is 1. The van der Waals surface area contributed by atoms with Crippen LogP contribution in [0.15, 0.2) is 0 Å². The zero-order valence-electron chi connectivity index (χ0n) is 9.63. The molecule has 0 spiro atoms. The van der Waals surface area contributed by atoms with Crippen LogP contribution in [0.5, 0.6) is 0 Å². The van der Waals surface area contributed by atoms with Crippen molar-refractivity contribution in [1.29, 1.82) is 0 Å². The van der Waals surface area contributed by atoms with Gasteiger partial charge in [-0.3, -0.25) is 9.59 Å². The molecule has 0 aliphatic rings. The van der Waals surface area contributed by atoms with Crippen molar-refractivity contribution in [3.05, 3.63) is 0 Å². The zero-order chi connectivity index (χ0) is 12.9. The van der Waals surface area contributed by atoms with Crippen molar-refractivity contribution >= 4 is 21.7 Å². The summed E-state index contributed by atoms with van der Waals surface area (Å²) in [5.41, 5.74) is 0. The first kappa shape index (κ1) is 14.9. The fourth-order valence-corrected chi connectivity index (χ4v) is 1.62. The van der Waals surface area contributed by atoms with Crippen molar-refractivity contribution in [2.75, 3.05) is 19.8 Å². The second kappa shape index (κ2) is 5.83. The van der Waals surface area contributed by atoms with Crippen LogP contribution in [-0.2, 0) is 19.4 Å². The van der Waals surface area contributed by atoms with Crippen LogP contribution in [-0.4, -0.2) is 55.4 Å². The summed E-state index contributed by atoms with van der Waals surface area (Å²) in [5, 5.41) is 7.32. The third-order valence-electron chi connectivity index (χ3n) is 2.25. The minimum atomic E-state index is -3.40. The molecule has 6 nitrogen and oxygen atoms in total. The summed E-state index contributed by atoms with van der Waals surface area (Å²) >= 11 is 0. The number of hydrogen-bond donors (Lipinski definition) is 1. The van der Waals surface area contributed by atoms with Crippen molar-refractivity contribution in [3.63, 3.8) is 0 Å². The molecule has 0 aliphatic heterocycles. The smallest absolute Gasteiger partial charge is 0.303 e. The van der Waals surface area contributed by atoms with E-state index in [-0.39, 0.29) is 13.0 Å².